The van der Waals surface area contributed by atoms with E-state index in [-0.39, 0.29) is 44.2 Å². The zero-order chi connectivity index (χ0) is 8.04. The second kappa shape index (κ2) is 7.71. The molecule has 0 unspecified atom stereocenters. The van der Waals surface area contributed by atoms with Gasteiger partial charge in [0.15, 0.2) is 0 Å². The number of rotatable bonds is 5. The molecular weight excluding hydrogens is 182 g/mol. The largest absolute Gasteiger partial charge is 1.00 e. The monoisotopic (exact) mass is 194 g/mol. The Morgan fingerprint density at radius 1 is 1.45 bits per heavy atom. The van der Waals surface area contributed by atoms with Crippen LogP contribution in [0.1, 0.15) is 8.35 Å². The molecule has 0 rings (SSSR count). The Morgan fingerprint density at radius 2 is 2.00 bits per heavy atom. The van der Waals surface area contributed by atoms with Gasteiger partial charge >= 0.3 is 37.4 Å². The standard InChI is InChI=1S/C4H11O5P.Na.H/c1-2-8-3-4-9-10(5,6)7;;/h2-4H2,1H3,(H2,5,6,7);;/q;+1;-1. The van der Waals surface area contributed by atoms with Crippen molar-refractivity contribution in [3.8, 4) is 0 Å². The summed E-state index contributed by atoms with van der Waals surface area (Å²) in [6, 6.07) is 0. The van der Waals surface area contributed by atoms with Gasteiger partial charge in [-0.3, -0.25) is 4.52 Å². The summed E-state index contributed by atoms with van der Waals surface area (Å²) in [5, 5.41) is 0. The minimum Gasteiger partial charge on any atom is -1.00 e. The van der Waals surface area contributed by atoms with E-state index >= 15 is 0 Å². The maximum atomic E-state index is 10.0. The third kappa shape index (κ3) is 14.0. The first-order valence-electron chi connectivity index (χ1n) is 2.84. The van der Waals surface area contributed by atoms with Crippen molar-refractivity contribution < 1.29 is 54.6 Å². The first-order chi connectivity index (χ1) is 4.56. The van der Waals surface area contributed by atoms with E-state index in [1.807, 2.05) is 0 Å². The van der Waals surface area contributed by atoms with E-state index < -0.39 is 7.82 Å². The zero-order valence-corrected chi connectivity index (χ0v) is 9.58. The summed E-state index contributed by atoms with van der Waals surface area (Å²) in [4.78, 5) is 16.3. The van der Waals surface area contributed by atoms with Crippen molar-refractivity contribution in [1.82, 2.24) is 0 Å². The van der Waals surface area contributed by atoms with E-state index in [4.69, 9.17) is 14.5 Å². The molecule has 0 aliphatic rings. The molecule has 64 valence electrons. The van der Waals surface area contributed by atoms with Gasteiger partial charge in [0.25, 0.3) is 0 Å². The van der Waals surface area contributed by atoms with Crippen molar-refractivity contribution >= 4 is 7.82 Å². The molecule has 0 aromatic rings. The van der Waals surface area contributed by atoms with E-state index in [1.165, 1.54) is 0 Å². The summed E-state index contributed by atoms with van der Waals surface area (Å²) in [6.45, 7) is 2.45. The van der Waals surface area contributed by atoms with Crippen molar-refractivity contribution in [2.75, 3.05) is 19.8 Å². The molecule has 0 heterocycles. The summed E-state index contributed by atoms with van der Waals surface area (Å²) >= 11 is 0. The van der Waals surface area contributed by atoms with Crippen LogP contribution in [-0.2, 0) is 13.8 Å². The molecule has 0 aromatic heterocycles. The Labute approximate surface area is 89.1 Å². The van der Waals surface area contributed by atoms with Gasteiger partial charge in [-0.1, -0.05) is 0 Å². The molecular formula is C4H12NaO5P. The van der Waals surface area contributed by atoms with Crippen LogP contribution in [0.25, 0.3) is 0 Å². The van der Waals surface area contributed by atoms with Crippen LogP contribution in [0.4, 0.5) is 0 Å². The Bertz CT molecular complexity index is 129. The van der Waals surface area contributed by atoms with Crippen LogP contribution in [0, 0.1) is 0 Å². The van der Waals surface area contributed by atoms with Crippen LogP contribution in [0.5, 0.6) is 0 Å². The topological polar surface area (TPSA) is 76.0 Å². The maximum absolute atomic E-state index is 10.0. The van der Waals surface area contributed by atoms with Gasteiger partial charge in [-0.25, -0.2) is 4.57 Å². The normalized spacial score (nSPS) is 10.8. The average molecular weight is 194 g/mol. The van der Waals surface area contributed by atoms with E-state index in [1.54, 1.807) is 6.92 Å². The Balaban J connectivity index is -0.000000405. The molecule has 7 heteroatoms. The molecule has 0 amide bonds. The van der Waals surface area contributed by atoms with E-state index in [2.05, 4.69) is 4.52 Å². The number of phosphoric acid groups is 1. The van der Waals surface area contributed by atoms with E-state index in [0.717, 1.165) is 0 Å². The molecule has 0 fully saturated rings. The fourth-order valence-electron chi connectivity index (χ4n) is 0.359. The minimum atomic E-state index is -4.29. The van der Waals surface area contributed by atoms with Crippen molar-refractivity contribution in [2.45, 2.75) is 6.92 Å². The van der Waals surface area contributed by atoms with Crippen LogP contribution < -0.4 is 29.6 Å². The molecule has 0 saturated carbocycles. The molecule has 0 atom stereocenters. The molecule has 0 bridgehead atoms. The Hall–Kier alpha value is 1.07. The van der Waals surface area contributed by atoms with Crippen LogP contribution in [0.2, 0.25) is 0 Å². The van der Waals surface area contributed by atoms with Crippen molar-refractivity contribution in [1.29, 1.82) is 0 Å². The molecule has 0 aromatic carbocycles. The van der Waals surface area contributed by atoms with E-state index in [0.29, 0.717) is 6.61 Å². The number of hydrogen-bond acceptors (Lipinski definition) is 3. The van der Waals surface area contributed by atoms with Gasteiger partial charge in [0.05, 0.1) is 13.2 Å². The molecule has 0 spiro atoms. The maximum Gasteiger partial charge on any atom is 1.00 e. The van der Waals surface area contributed by atoms with Gasteiger partial charge in [-0.2, -0.15) is 0 Å². The van der Waals surface area contributed by atoms with Crippen molar-refractivity contribution in [3.63, 3.8) is 0 Å². The Kier molecular flexibility index (Phi) is 10.2. The molecule has 0 radical (unpaired) electrons. The first-order valence-corrected chi connectivity index (χ1v) is 4.37. The van der Waals surface area contributed by atoms with Crippen LogP contribution >= 0.6 is 7.82 Å². The third-order valence-corrected chi connectivity index (χ3v) is 1.21. The van der Waals surface area contributed by atoms with Gasteiger partial charge in [0.2, 0.25) is 0 Å². The molecule has 0 aliphatic carbocycles. The second-order valence-corrected chi connectivity index (χ2v) is 2.76. The molecule has 5 nitrogen and oxygen atoms in total. The van der Waals surface area contributed by atoms with Crippen LogP contribution in [0.3, 0.4) is 0 Å². The van der Waals surface area contributed by atoms with Gasteiger partial charge in [0.1, 0.15) is 0 Å². The summed E-state index contributed by atoms with van der Waals surface area (Å²) in [5.41, 5.74) is 0. The van der Waals surface area contributed by atoms with Crippen LogP contribution in [0.15, 0.2) is 0 Å². The van der Waals surface area contributed by atoms with Crippen molar-refractivity contribution in [2.24, 2.45) is 0 Å². The fourth-order valence-corrected chi connectivity index (χ4v) is 0.672. The molecule has 0 aliphatic heterocycles. The second-order valence-electron chi connectivity index (χ2n) is 1.52. The van der Waals surface area contributed by atoms with Crippen LogP contribution in [-0.4, -0.2) is 29.6 Å². The fraction of sp³-hybridized carbons (Fsp3) is 1.00. The Morgan fingerprint density at radius 3 is 2.36 bits per heavy atom. The average Bonchev–Trinajstić information content (AvgIpc) is 1.78. The first kappa shape index (κ1) is 14.6. The number of ether oxygens (including phenoxy) is 1. The SMILES string of the molecule is CCOCCOP(=O)(O)O.[H-].[Na+]. The quantitative estimate of drug-likeness (QED) is 0.282. The number of hydrogen-bond donors (Lipinski definition) is 2. The predicted molar refractivity (Wildman–Crippen MR) is 35.6 cm³/mol. The van der Waals surface area contributed by atoms with Gasteiger partial charge < -0.3 is 16.0 Å². The van der Waals surface area contributed by atoms with Gasteiger partial charge in [0, 0.05) is 6.61 Å². The van der Waals surface area contributed by atoms with E-state index in [9.17, 15) is 4.57 Å². The van der Waals surface area contributed by atoms with Gasteiger partial charge in [-0.05, 0) is 6.92 Å². The molecule has 2 N–H and O–H groups in total. The van der Waals surface area contributed by atoms with Gasteiger partial charge in [-0.15, -0.1) is 0 Å². The summed E-state index contributed by atoms with van der Waals surface area (Å²) < 4.78 is 18.8. The summed E-state index contributed by atoms with van der Waals surface area (Å²) in [7, 11) is -4.29. The third-order valence-electron chi connectivity index (χ3n) is 0.691. The summed E-state index contributed by atoms with van der Waals surface area (Å²) in [5.74, 6) is 0. The predicted octanol–water partition coefficient (Wildman–Crippen LogP) is -2.75. The van der Waals surface area contributed by atoms with Crippen molar-refractivity contribution in [3.05, 3.63) is 0 Å². The molecule has 0 saturated heterocycles. The smallest absolute Gasteiger partial charge is 1.00 e. The molecule has 11 heavy (non-hydrogen) atoms. The number of phosphoric ester groups is 1. The minimum absolute atomic E-state index is 0. The summed E-state index contributed by atoms with van der Waals surface area (Å²) in [6.07, 6.45) is 0. The zero-order valence-electron chi connectivity index (χ0n) is 7.69.